The Bertz CT molecular complexity index is 1850. The van der Waals surface area contributed by atoms with E-state index in [0.29, 0.717) is 81.7 Å². The van der Waals surface area contributed by atoms with E-state index >= 15 is 0 Å². The molecule has 1 aromatic carbocycles. The summed E-state index contributed by atoms with van der Waals surface area (Å²) in [7, 11) is 0. The van der Waals surface area contributed by atoms with Gasteiger partial charge in [0, 0.05) is 46.6 Å². The minimum atomic E-state index is -0.484. The number of nitrogens with one attached hydrogen (secondary N) is 1. The number of hydrogen-bond donors (Lipinski definition) is 1. The summed E-state index contributed by atoms with van der Waals surface area (Å²) in [6.07, 6.45) is 14.6. The molecule has 9 heteroatoms. The number of allylic oxidation sites excluding steroid dienone is 11. The first-order chi connectivity index (χ1) is 25.1. The van der Waals surface area contributed by atoms with Gasteiger partial charge in [0.2, 0.25) is 5.95 Å². The van der Waals surface area contributed by atoms with Crippen LogP contribution in [0.3, 0.4) is 0 Å². The summed E-state index contributed by atoms with van der Waals surface area (Å²) >= 11 is 1.58. The zero-order valence-corrected chi connectivity index (χ0v) is 32.3. The third-order valence-corrected chi connectivity index (χ3v) is 10.7. The van der Waals surface area contributed by atoms with E-state index in [0.717, 1.165) is 36.9 Å². The number of ketones is 3. The molecule has 52 heavy (non-hydrogen) atoms. The zero-order chi connectivity index (χ0) is 37.8. The Morgan fingerprint density at radius 1 is 1.00 bits per heavy atom. The van der Waals surface area contributed by atoms with Gasteiger partial charge in [0.05, 0.1) is 0 Å². The van der Waals surface area contributed by atoms with Crippen LogP contribution in [-0.4, -0.2) is 50.9 Å². The van der Waals surface area contributed by atoms with Crippen molar-refractivity contribution in [2.24, 2.45) is 17.8 Å². The molecule has 2 aliphatic rings. The molecule has 4 rings (SSSR count). The predicted octanol–water partition coefficient (Wildman–Crippen LogP) is 8.95. The quantitative estimate of drug-likeness (QED) is 0.0402. The average molecular weight is 721 g/mol. The number of nitrogens with zero attached hydrogens (tertiary/aromatic N) is 3. The van der Waals surface area contributed by atoms with Gasteiger partial charge in [0.25, 0.3) is 0 Å². The van der Waals surface area contributed by atoms with E-state index in [1.807, 2.05) is 38.1 Å². The van der Waals surface area contributed by atoms with Gasteiger partial charge in [-0.05, 0) is 87.3 Å². The standard InChI is InChI=1S/C43H52N4O4S/c1-8-11-13-17-29(6)40(50)38-31(25-36-45-42(44-23-10-3)47-43(46-36)52-24-12-9-2)20-22-33(37(38)30(7)49)34-21-19-28(5)35(26-48)39(34)41(51)32-18-15-14-16-27(32)4/h8,11,13-18,20,26,28,33-34H,1,9-10,12,19,21-25H2,2-7H3,(H,44,45,46,47). The molecule has 0 aliphatic heterocycles. The molecule has 274 valence electrons. The molecule has 3 unspecified atom stereocenters. The topological polar surface area (TPSA) is 119 Å². The predicted molar refractivity (Wildman–Crippen MR) is 210 cm³/mol. The van der Waals surface area contributed by atoms with Crippen LogP contribution in [0.5, 0.6) is 0 Å². The molecular formula is C43H52N4O4S. The van der Waals surface area contributed by atoms with Gasteiger partial charge in [-0.1, -0.05) is 100 Å². The first kappa shape index (κ1) is 40.3. The van der Waals surface area contributed by atoms with E-state index in [1.165, 1.54) is 6.92 Å². The molecule has 1 N–H and O–H groups in total. The highest BCUT2D eigenvalue weighted by Gasteiger charge is 2.42. The van der Waals surface area contributed by atoms with Crippen molar-refractivity contribution in [3.63, 3.8) is 0 Å². The van der Waals surface area contributed by atoms with Crippen LogP contribution in [0.25, 0.3) is 0 Å². The third-order valence-electron chi connectivity index (χ3n) is 9.78. The SMILES string of the molecule is C=CC=CC=C(C)C(=O)C1=C(C(C)=O)C(C2CCC(C)C(C=O)=C2C(=O)c2ccccc2C)CC=C1Cc1nc(NCCC)nc(SCCCC)n1. The van der Waals surface area contributed by atoms with Crippen LogP contribution in [0.4, 0.5) is 5.95 Å². The van der Waals surface area contributed by atoms with Gasteiger partial charge in [-0.3, -0.25) is 19.2 Å². The normalized spacial score (nSPS) is 19.5. The third kappa shape index (κ3) is 9.68. The van der Waals surface area contributed by atoms with Crippen molar-refractivity contribution in [1.29, 1.82) is 0 Å². The van der Waals surface area contributed by atoms with E-state index in [4.69, 9.17) is 9.97 Å². The maximum atomic E-state index is 14.6. The summed E-state index contributed by atoms with van der Waals surface area (Å²) in [5, 5.41) is 3.90. The lowest BCUT2D eigenvalue weighted by Gasteiger charge is -2.38. The number of rotatable bonds is 18. The van der Waals surface area contributed by atoms with Crippen molar-refractivity contribution in [3.8, 4) is 0 Å². The van der Waals surface area contributed by atoms with Crippen LogP contribution in [-0.2, 0) is 20.8 Å². The lowest BCUT2D eigenvalue weighted by molar-refractivity contribution is -0.116. The Labute approximate surface area is 313 Å². The molecule has 2 aliphatic carbocycles. The first-order valence-electron chi connectivity index (χ1n) is 18.4. The average Bonchev–Trinajstić information content (AvgIpc) is 3.13. The summed E-state index contributed by atoms with van der Waals surface area (Å²) in [6.45, 7) is 15.7. The summed E-state index contributed by atoms with van der Waals surface area (Å²) in [6, 6.07) is 7.38. The summed E-state index contributed by atoms with van der Waals surface area (Å²) < 4.78 is 0. The van der Waals surface area contributed by atoms with Crippen molar-refractivity contribution in [2.45, 2.75) is 91.6 Å². The van der Waals surface area contributed by atoms with E-state index in [2.05, 4.69) is 30.7 Å². The molecule has 0 spiro atoms. The Hall–Kier alpha value is -4.50. The number of hydrogen-bond acceptors (Lipinski definition) is 9. The fourth-order valence-electron chi connectivity index (χ4n) is 7.03. The lowest BCUT2D eigenvalue weighted by Crippen LogP contribution is -2.34. The fourth-order valence-corrected chi connectivity index (χ4v) is 7.97. The van der Waals surface area contributed by atoms with Crippen molar-refractivity contribution < 1.29 is 19.2 Å². The smallest absolute Gasteiger partial charge is 0.226 e. The van der Waals surface area contributed by atoms with Gasteiger partial charge in [-0.2, -0.15) is 9.97 Å². The number of anilines is 1. The zero-order valence-electron chi connectivity index (χ0n) is 31.5. The van der Waals surface area contributed by atoms with Crippen LogP contribution in [0.2, 0.25) is 0 Å². The van der Waals surface area contributed by atoms with Crippen LogP contribution < -0.4 is 5.32 Å². The number of unbranched alkanes of at least 4 members (excludes halogenated alkanes) is 1. The van der Waals surface area contributed by atoms with Gasteiger partial charge in [-0.15, -0.1) is 0 Å². The molecule has 2 aromatic rings. The molecule has 0 saturated heterocycles. The summed E-state index contributed by atoms with van der Waals surface area (Å²) in [4.78, 5) is 69.8. The highest BCUT2D eigenvalue weighted by Crippen LogP contribution is 2.47. The van der Waals surface area contributed by atoms with Crippen molar-refractivity contribution in [1.82, 2.24) is 15.0 Å². The number of aldehydes is 1. The van der Waals surface area contributed by atoms with Crippen LogP contribution in [0.15, 0.2) is 99.8 Å². The number of aryl methyl sites for hydroxylation is 1. The maximum absolute atomic E-state index is 14.6. The Kier molecular flexibility index (Phi) is 15.0. The molecule has 1 heterocycles. The van der Waals surface area contributed by atoms with E-state index in [-0.39, 0.29) is 29.7 Å². The van der Waals surface area contributed by atoms with Crippen molar-refractivity contribution in [3.05, 3.63) is 112 Å². The summed E-state index contributed by atoms with van der Waals surface area (Å²) in [5.74, 6) is 0.124. The molecule has 3 atom stereocenters. The Morgan fingerprint density at radius 3 is 2.44 bits per heavy atom. The minimum absolute atomic E-state index is 0.108. The molecule has 0 fully saturated rings. The van der Waals surface area contributed by atoms with Crippen LogP contribution in [0, 0.1) is 24.7 Å². The second-order valence-electron chi connectivity index (χ2n) is 13.6. The molecule has 0 amide bonds. The summed E-state index contributed by atoms with van der Waals surface area (Å²) in [5.41, 5.74) is 4.11. The Balaban J connectivity index is 1.90. The first-order valence-corrected chi connectivity index (χ1v) is 19.4. The molecule has 0 saturated carbocycles. The van der Waals surface area contributed by atoms with Crippen LogP contribution >= 0.6 is 11.8 Å². The monoisotopic (exact) mass is 720 g/mol. The highest BCUT2D eigenvalue weighted by atomic mass is 32.2. The van der Waals surface area contributed by atoms with Crippen LogP contribution in [0.1, 0.15) is 94.9 Å². The van der Waals surface area contributed by atoms with Gasteiger partial charge < -0.3 is 5.32 Å². The number of thioether (sulfide) groups is 1. The number of carbonyl (C=O) groups excluding carboxylic acids is 4. The Morgan fingerprint density at radius 2 is 1.77 bits per heavy atom. The second kappa shape index (κ2) is 19.4. The molecule has 1 aromatic heterocycles. The van der Waals surface area contributed by atoms with Gasteiger partial charge in [-0.25, -0.2) is 4.98 Å². The number of Topliss-reactive ketones (excluding diaryl/α,β-unsaturated/α-hetero) is 3. The number of carbonyl (C=O) groups is 4. The maximum Gasteiger partial charge on any atom is 0.226 e. The number of benzene rings is 1. The van der Waals surface area contributed by atoms with Gasteiger partial charge in [0.15, 0.2) is 22.5 Å². The molecule has 0 radical (unpaired) electrons. The fraction of sp³-hybridized carbons (Fsp3) is 0.419. The molecule has 8 nitrogen and oxygen atoms in total. The molecule has 0 bridgehead atoms. The highest BCUT2D eigenvalue weighted by molar-refractivity contribution is 7.99. The van der Waals surface area contributed by atoms with Gasteiger partial charge >= 0.3 is 0 Å². The van der Waals surface area contributed by atoms with Crippen molar-refractivity contribution in [2.75, 3.05) is 17.6 Å². The number of aromatic nitrogens is 3. The second-order valence-corrected chi connectivity index (χ2v) is 14.7. The lowest BCUT2D eigenvalue weighted by atomic mass is 9.64. The van der Waals surface area contributed by atoms with Crippen molar-refractivity contribution >= 4 is 41.3 Å². The minimum Gasteiger partial charge on any atom is -0.354 e. The van der Waals surface area contributed by atoms with E-state index < -0.39 is 11.8 Å². The van der Waals surface area contributed by atoms with E-state index in [1.54, 1.807) is 49.1 Å². The van der Waals surface area contributed by atoms with Gasteiger partial charge in [0.1, 0.15) is 12.1 Å². The molecular weight excluding hydrogens is 669 g/mol. The largest absolute Gasteiger partial charge is 0.354 e. The van der Waals surface area contributed by atoms with E-state index in [9.17, 15) is 19.2 Å².